The molecule has 0 aromatic rings. The fourth-order valence-electron chi connectivity index (χ4n) is 4.34. The molecule has 35 heavy (non-hydrogen) atoms. The Kier molecular flexibility index (Phi) is 12.1. The molecule has 0 aliphatic carbocycles. The molecule has 0 saturated carbocycles. The Balaban J connectivity index is 2.15. The smallest absolute Gasteiger partial charge is 0.187 e. The third-order valence-corrected chi connectivity index (χ3v) is 6.62. The lowest BCUT2D eigenvalue weighted by Crippen LogP contribution is -2.63. The van der Waals surface area contributed by atoms with E-state index >= 15 is 0 Å². The van der Waals surface area contributed by atoms with Gasteiger partial charge in [0.25, 0.3) is 0 Å². The molecule has 14 heteroatoms. The van der Waals surface area contributed by atoms with Gasteiger partial charge < -0.3 is 70.0 Å². The van der Waals surface area contributed by atoms with Gasteiger partial charge in [0, 0.05) is 18.4 Å². The first kappa shape index (κ1) is 30.7. The first-order valence-corrected chi connectivity index (χ1v) is 11.7. The van der Waals surface area contributed by atoms with Crippen LogP contribution >= 0.6 is 0 Å². The van der Waals surface area contributed by atoms with Crippen LogP contribution in [-0.2, 0) is 18.9 Å². The molecule has 2 aliphatic rings. The highest BCUT2D eigenvalue weighted by atomic mass is 16.7. The van der Waals surface area contributed by atoms with E-state index in [0.29, 0.717) is 0 Å². The van der Waals surface area contributed by atoms with Gasteiger partial charge in [0.15, 0.2) is 12.6 Å². The van der Waals surface area contributed by atoms with Crippen LogP contribution in [0.15, 0.2) is 0 Å². The average Bonchev–Trinajstić information content (AvgIpc) is 2.83. The maximum Gasteiger partial charge on any atom is 0.187 e. The quantitative estimate of drug-likeness (QED) is 0.117. The van der Waals surface area contributed by atoms with Crippen molar-refractivity contribution < 1.29 is 70.0 Å². The maximum atomic E-state index is 10.9. The van der Waals surface area contributed by atoms with Gasteiger partial charge in [-0.15, -0.1) is 0 Å². The van der Waals surface area contributed by atoms with E-state index in [2.05, 4.69) is 0 Å². The predicted molar refractivity (Wildman–Crippen MR) is 114 cm³/mol. The monoisotopic (exact) mass is 516 g/mol. The highest BCUT2D eigenvalue weighted by molar-refractivity contribution is 4.93. The molecule has 2 rings (SSSR count). The van der Waals surface area contributed by atoms with Crippen LogP contribution in [0, 0.1) is 11.8 Å². The Morgan fingerprint density at radius 1 is 0.800 bits per heavy atom. The van der Waals surface area contributed by atoms with Crippen molar-refractivity contribution in [1.82, 2.24) is 0 Å². The second-order valence-corrected chi connectivity index (χ2v) is 9.14. The maximum absolute atomic E-state index is 10.9. The lowest BCUT2D eigenvalue weighted by atomic mass is 9.89. The van der Waals surface area contributed by atoms with Crippen LogP contribution in [0.5, 0.6) is 0 Å². The molecule has 208 valence electrons. The van der Waals surface area contributed by atoms with E-state index in [4.69, 9.17) is 24.1 Å². The number of rotatable bonds is 12. The molecule has 14 atom stereocenters. The van der Waals surface area contributed by atoms with Crippen molar-refractivity contribution in [2.24, 2.45) is 11.8 Å². The molecule has 0 bridgehead atoms. The van der Waals surface area contributed by atoms with Crippen molar-refractivity contribution in [2.45, 2.75) is 93.9 Å². The number of ether oxygens (including phenoxy) is 4. The fraction of sp³-hybridized carbons (Fsp3) is 1.00. The summed E-state index contributed by atoms with van der Waals surface area (Å²) in [6, 6.07) is 0. The van der Waals surface area contributed by atoms with Gasteiger partial charge in [-0.3, -0.25) is 0 Å². The molecule has 10 N–H and O–H groups in total. The zero-order valence-electron chi connectivity index (χ0n) is 19.7. The van der Waals surface area contributed by atoms with E-state index in [-0.39, 0.29) is 6.42 Å². The number of aliphatic hydroxyl groups excluding tert-OH is 10. The van der Waals surface area contributed by atoms with Gasteiger partial charge in [-0.1, -0.05) is 6.92 Å². The highest BCUT2D eigenvalue weighted by Gasteiger charge is 2.50. The van der Waals surface area contributed by atoms with Gasteiger partial charge in [-0.05, 0) is 13.3 Å². The lowest BCUT2D eigenvalue weighted by Gasteiger charge is -2.47. The van der Waals surface area contributed by atoms with Crippen LogP contribution in [0.4, 0.5) is 0 Å². The molecular formula is C21H40O14. The summed E-state index contributed by atoms with van der Waals surface area (Å²) < 4.78 is 22.5. The van der Waals surface area contributed by atoms with E-state index in [1.165, 1.54) is 13.8 Å². The summed E-state index contributed by atoms with van der Waals surface area (Å²) in [6.45, 7) is 0.565. The van der Waals surface area contributed by atoms with Gasteiger partial charge in [0.2, 0.25) is 0 Å². The molecule has 0 aromatic heterocycles. The van der Waals surface area contributed by atoms with Crippen molar-refractivity contribution in [3.05, 3.63) is 0 Å². The molecule has 2 fully saturated rings. The molecule has 0 aromatic carbocycles. The van der Waals surface area contributed by atoms with Crippen molar-refractivity contribution in [3.63, 3.8) is 0 Å². The van der Waals surface area contributed by atoms with Crippen LogP contribution in [0.2, 0.25) is 0 Å². The molecule has 0 spiro atoms. The number of aliphatic hydroxyl groups is 10. The zero-order valence-corrected chi connectivity index (χ0v) is 19.7. The second kappa shape index (κ2) is 13.8. The van der Waals surface area contributed by atoms with Gasteiger partial charge in [-0.25, -0.2) is 0 Å². The Morgan fingerprint density at radius 3 is 1.91 bits per heavy atom. The standard InChI is InChI=1S/C21H40O14/c1-8-14(28)19(35-21-17(31)15(29)10(5-23)12(6-24)32-21)13(7-25)33-20(8)34-18(9(2)26)16(30)11(27)3-4-22/h8-31H,3-7H2,1-2H3. The van der Waals surface area contributed by atoms with Crippen LogP contribution < -0.4 is 0 Å². The summed E-state index contributed by atoms with van der Waals surface area (Å²) in [5, 5.41) is 99.7. The molecule has 14 nitrogen and oxygen atoms in total. The summed E-state index contributed by atoms with van der Waals surface area (Å²) in [5.74, 6) is -1.85. The molecular weight excluding hydrogens is 476 g/mol. The SMILES string of the molecule is CC(O)C(OC1OC(CO)C(OC2OC(CO)C(CO)C(O)C2O)C(O)C1C)C(O)C(O)CCO. The Hall–Kier alpha value is -0.560. The third-order valence-electron chi connectivity index (χ3n) is 6.62. The van der Waals surface area contributed by atoms with Crippen molar-refractivity contribution in [2.75, 3.05) is 26.4 Å². The molecule has 0 amide bonds. The number of hydrogen-bond donors (Lipinski definition) is 10. The summed E-state index contributed by atoms with van der Waals surface area (Å²) >= 11 is 0. The molecule has 2 heterocycles. The van der Waals surface area contributed by atoms with Crippen molar-refractivity contribution in [1.29, 1.82) is 0 Å². The van der Waals surface area contributed by atoms with Crippen LogP contribution in [0.3, 0.4) is 0 Å². The van der Waals surface area contributed by atoms with E-state index in [1.54, 1.807) is 0 Å². The van der Waals surface area contributed by atoms with Gasteiger partial charge in [0.05, 0.1) is 50.3 Å². The van der Waals surface area contributed by atoms with E-state index in [9.17, 15) is 46.0 Å². The normalized spacial score (nSPS) is 41.8. The first-order chi connectivity index (χ1) is 16.5. The summed E-state index contributed by atoms with van der Waals surface area (Å²) in [7, 11) is 0. The van der Waals surface area contributed by atoms with Gasteiger partial charge >= 0.3 is 0 Å². The van der Waals surface area contributed by atoms with E-state index < -0.39 is 112 Å². The van der Waals surface area contributed by atoms with E-state index in [0.717, 1.165) is 0 Å². The van der Waals surface area contributed by atoms with Gasteiger partial charge in [-0.2, -0.15) is 0 Å². The van der Waals surface area contributed by atoms with Crippen molar-refractivity contribution in [3.8, 4) is 0 Å². The molecule has 2 aliphatic heterocycles. The highest BCUT2D eigenvalue weighted by Crippen LogP contribution is 2.34. The molecule has 14 unspecified atom stereocenters. The first-order valence-electron chi connectivity index (χ1n) is 11.7. The average molecular weight is 517 g/mol. The topological polar surface area (TPSA) is 239 Å². The van der Waals surface area contributed by atoms with Crippen LogP contribution in [-0.4, -0.2) is 151 Å². The summed E-state index contributed by atoms with van der Waals surface area (Å²) in [5.41, 5.74) is 0. The molecule has 2 saturated heterocycles. The third kappa shape index (κ3) is 7.06. The second-order valence-electron chi connectivity index (χ2n) is 9.14. The minimum Gasteiger partial charge on any atom is -0.396 e. The van der Waals surface area contributed by atoms with Crippen LogP contribution in [0.1, 0.15) is 20.3 Å². The molecule has 0 radical (unpaired) electrons. The Labute approximate surface area is 202 Å². The minimum atomic E-state index is -1.64. The largest absolute Gasteiger partial charge is 0.396 e. The lowest BCUT2D eigenvalue weighted by molar-refractivity contribution is -0.358. The zero-order chi connectivity index (χ0) is 26.4. The number of hydrogen-bond acceptors (Lipinski definition) is 14. The Bertz CT molecular complexity index is 607. The summed E-state index contributed by atoms with van der Waals surface area (Å²) in [4.78, 5) is 0. The minimum absolute atomic E-state index is 0.172. The Morgan fingerprint density at radius 2 is 1.40 bits per heavy atom. The fourth-order valence-corrected chi connectivity index (χ4v) is 4.34. The summed E-state index contributed by atoms with van der Waals surface area (Å²) in [6.07, 6.45) is -16.8. The van der Waals surface area contributed by atoms with Gasteiger partial charge in [0.1, 0.15) is 30.5 Å². The van der Waals surface area contributed by atoms with Crippen LogP contribution in [0.25, 0.3) is 0 Å². The predicted octanol–water partition coefficient (Wildman–Crippen LogP) is -5.00. The van der Waals surface area contributed by atoms with E-state index in [1.807, 2.05) is 0 Å². The van der Waals surface area contributed by atoms with Crippen molar-refractivity contribution >= 4 is 0 Å².